The number of anilines is 1. The summed E-state index contributed by atoms with van der Waals surface area (Å²) in [4.78, 5) is 26.8. The Balaban J connectivity index is 1.30. The Morgan fingerprint density at radius 2 is 1.73 bits per heavy atom. The van der Waals surface area contributed by atoms with Gasteiger partial charge < -0.3 is 24.4 Å². The first-order chi connectivity index (χ1) is 18.0. The molecule has 0 saturated carbocycles. The zero-order valence-electron chi connectivity index (χ0n) is 20.8. The van der Waals surface area contributed by atoms with Crippen LogP contribution in [0.2, 0.25) is 5.02 Å². The number of carbonyl (C=O) groups excluding carboxylic acids is 2. The minimum absolute atomic E-state index is 0.107. The normalized spacial score (nSPS) is 14.5. The second-order valence-electron chi connectivity index (χ2n) is 8.75. The molecule has 2 amide bonds. The molecule has 0 radical (unpaired) electrons. The number of alkyl carbamates (subject to hydrolysis) is 1. The Morgan fingerprint density at radius 1 is 1.00 bits per heavy atom. The summed E-state index contributed by atoms with van der Waals surface area (Å²) in [5, 5.41) is 3.39. The van der Waals surface area contributed by atoms with E-state index in [-0.39, 0.29) is 5.91 Å². The fraction of sp³-hybridized carbons (Fsp3) is 0.310. The van der Waals surface area contributed by atoms with Gasteiger partial charge in [-0.3, -0.25) is 4.79 Å². The Morgan fingerprint density at radius 3 is 2.49 bits per heavy atom. The molecule has 0 fully saturated rings. The van der Waals surface area contributed by atoms with Crippen LogP contribution in [0.4, 0.5) is 10.5 Å². The topological polar surface area (TPSA) is 77.1 Å². The van der Waals surface area contributed by atoms with Crippen LogP contribution < -0.4 is 19.7 Å². The van der Waals surface area contributed by atoms with Gasteiger partial charge in [0.15, 0.2) is 6.10 Å². The van der Waals surface area contributed by atoms with E-state index in [1.165, 1.54) is 0 Å². The van der Waals surface area contributed by atoms with Crippen LogP contribution in [0.5, 0.6) is 11.5 Å². The molecule has 0 aliphatic carbocycles. The molecule has 7 nitrogen and oxygen atoms in total. The summed E-state index contributed by atoms with van der Waals surface area (Å²) >= 11 is 6.02. The highest BCUT2D eigenvalue weighted by Crippen LogP contribution is 2.35. The van der Waals surface area contributed by atoms with Crippen molar-refractivity contribution in [2.24, 2.45) is 0 Å². The summed E-state index contributed by atoms with van der Waals surface area (Å²) in [5.74, 6) is 1.24. The molecule has 37 heavy (non-hydrogen) atoms. The quantitative estimate of drug-likeness (QED) is 0.306. The summed E-state index contributed by atoms with van der Waals surface area (Å²) < 4.78 is 17.0. The van der Waals surface area contributed by atoms with E-state index in [1.54, 1.807) is 4.90 Å². The molecule has 1 atom stereocenters. The van der Waals surface area contributed by atoms with E-state index in [2.05, 4.69) is 5.32 Å². The van der Waals surface area contributed by atoms with Crippen molar-refractivity contribution < 1.29 is 23.8 Å². The van der Waals surface area contributed by atoms with E-state index in [4.69, 9.17) is 25.8 Å². The van der Waals surface area contributed by atoms with Gasteiger partial charge in [-0.2, -0.15) is 0 Å². The van der Waals surface area contributed by atoms with Crippen molar-refractivity contribution in [2.45, 2.75) is 45.4 Å². The largest absolute Gasteiger partial charge is 0.493 e. The average molecular weight is 523 g/mol. The number of ether oxygens (including phenoxy) is 3. The number of unbranched alkanes of at least 4 members (excludes halogenated alkanes) is 1. The summed E-state index contributed by atoms with van der Waals surface area (Å²) in [7, 11) is 0. The number of hydrogen-bond donors (Lipinski definition) is 1. The number of halogens is 1. The molecule has 194 valence electrons. The predicted molar refractivity (Wildman–Crippen MR) is 143 cm³/mol. The number of hydrogen-bond acceptors (Lipinski definition) is 5. The maximum Gasteiger partial charge on any atom is 0.407 e. The molecule has 3 aromatic rings. The van der Waals surface area contributed by atoms with Crippen LogP contribution in [-0.2, 0) is 22.6 Å². The number of carbonyl (C=O) groups is 2. The van der Waals surface area contributed by atoms with Crippen LogP contribution in [0.25, 0.3) is 0 Å². The van der Waals surface area contributed by atoms with Crippen molar-refractivity contribution in [1.82, 2.24) is 5.32 Å². The highest BCUT2D eigenvalue weighted by molar-refractivity contribution is 6.30. The van der Waals surface area contributed by atoms with Crippen LogP contribution in [-0.4, -0.2) is 31.3 Å². The standard InChI is InChI=1S/C29H31ClN2O5/c1-2-3-17-36-29(34)31-19-21-10-14-24(15-11-21)35-18-16-27-28(33)32(20-22-8-12-23(30)13-9-22)25-6-4-5-7-26(25)37-27/h4-15,27H,2-3,16-20H2,1H3,(H,31,34). The summed E-state index contributed by atoms with van der Waals surface area (Å²) in [6, 6.07) is 22.5. The first-order valence-electron chi connectivity index (χ1n) is 12.5. The third kappa shape index (κ3) is 7.40. The van der Waals surface area contributed by atoms with Gasteiger partial charge in [0.25, 0.3) is 5.91 Å². The van der Waals surface area contributed by atoms with Gasteiger partial charge in [0.2, 0.25) is 0 Å². The molecule has 0 bridgehead atoms. The molecule has 3 aromatic carbocycles. The minimum atomic E-state index is -0.649. The van der Waals surface area contributed by atoms with Crippen LogP contribution in [0.1, 0.15) is 37.3 Å². The smallest absolute Gasteiger partial charge is 0.407 e. The van der Waals surface area contributed by atoms with Crippen molar-refractivity contribution in [1.29, 1.82) is 0 Å². The fourth-order valence-electron chi connectivity index (χ4n) is 3.92. The van der Waals surface area contributed by atoms with Gasteiger partial charge in [-0.25, -0.2) is 4.79 Å². The van der Waals surface area contributed by atoms with Crippen molar-refractivity contribution in [3.8, 4) is 11.5 Å². The Labute approximate surface area is 222 Å². The first-order valence-corrected chi connectivity index (χ1v) is 12.8. The van der Waals surface area contributed by atoms with Crippen molar-refractivity contribution in [2.75, 3.05) is 18.1 Å². The van der Waals surface area contributed by atoms with Crippen LogP contribution >= 0.6 is 11.6 Å². The van der Waals surface area contributed by atoms with Gasteiger partial charge in [0, 0.05) is 18.0 Å². The number of amides is 2. The molecule has 1 N–H and O–H groups in total. The van der Waals surface area contributed by atoms with Crippen LogP contribution in [0.3, 0.4) is 0 Å². The third-order valence-electron chi connectivity index (χ3n) is 5.96. The number of nitrogens with zero attached hydrogens (tertiary/aromatic N) is 1. The number of rotatable bonds is 11. The first kappa shape index (κ1) is 26.4. The highest BCUT2D eigenvalue weighted by atomic mass is 35.5. The number of benzene rings is 3. The molecule has 1 unspecified atom stereocenters. The Hall–Kier alpha value is -3.71. The molecule has 0 saturated heterocycles. The lowest BCUT2D eigenvalue weighted by molar-refractivity contribution is -0.127. The third-order valence-corrected chi connectivity index (χ3v) is 6.21. The summed E-state index contributed by atoms with van der Waals surface area (Å²) in [6.07, 6.45) is 1.16. The van der Waals surface area contributed by atoms with Gasteiger partial charge in [0.05, 0.1) is 25.4 Å². The maximum absolute atomic E-state index is 13.3. The molecular weight excluding hydrogens is 492 g/mol. The van der Waals surface area contributed by atoms with Crippen LogP contribution in [0.15, 0.2) is 72.8 Å². The summed E-state index contributed by atoms with van der Waals surface area (Å²) in [6.45, 7) is 3.58. The van der Waals surface area contributed by atoms with Crippen LogP contribution in [0, 0.1) is 0 Å². The van der Waals surface area contributed by atoms with Crippen molar-refractivity contribution in [3.63, 3.8) is 0 Å². The van der Waals surface area contributed by atoms with E-state index >= 15 is 0 Å². The Bertz CT molecular complexity index is 1180. The second-order valence-corrected chi connectivity index (χ2v) is 9.19. The van der Waals surface area contributed by atoms with Crippen molar-refractivity contribution >= 4 is 29.3 Å². The molecule has 8 heteroatoms. The number of fused-ring (bicyclic) bond motifs is 1. The van der Waals surface area contributed by atoms with Gasteiger partial charge >= 0.3 is 6.09 Å². The van der Waals surface area contributed by atoms with Gasteiger partial charge in [-0.1, -0.05) is 61.3 Å². The molecule has 1 aliphatic heterocycles. The molecule has 0 spiro atoms. The lowest BCUT2D eigenvalue weighted by atomic mass is 10.1. The van der Waals surface area contributed by atoms with E-state index in [0.29, 0.717) is 49.2 Å². The van der Waals surface area contributed by atoms with E-state index in [1.807, 2.05) is 79.7 Å². The zero-order valence-corrected chi connectivity index (χ0v) is 21.6. The van der Waals surface area contributed by atoms with Crippen molar-refractivity contribution in [3.05, 3.63) is 88.9 Å². The van der Waals surface area contributed by atoms with E-state index in [9.17, 15) is 9.59 Å². The molecule has 1 heterocycles. The minimum Gasteiger partial charge on any atom is -0.493 e. The lowest BCUT2D eigenvalue weighted by Gasteiger charge is -2.34. The van der Waals surface area contributed by atoms with Gasteiger partial charge in [-0.15, -0.1) is 0 Å². The SMILES string of the molecule is CCCCOC(=O)NCc1ccc(OCCC2Oc3ccccc3N(Cc3ccc(Cl)cc3)C2=O)cc1. The van der Waals surface area contributed by atoms with E-state index in [0.717, 1.165) is 29.7 Å². The molecule has 1 aliphatic rings. The average Bonchev–Trinajstić information content (AvgIpc) is 2.91. The highest BCUT2D eigenvalue weighted by Gasteiger charge is 2.34. The maximum atomic E-state index is 13.3. The van der Waals surface area contributed by atoms with E-state index < -0.39 is 12.2 Å². The second kappa shape index (κ2) is 13.0. The Kier molecular flexibility index (Phi) is 9.27. The summed E-state index contributed by atoms with van der Waals surface area (Å²) in [5.41, 5.74) is 2.66. The fourth-order valence-corrected chi connectivity index (χ4v) is 4.04. The lowest BCUT2D eigenvalue weighted by Crippen LogP contribution is -2.46. The van der Waals surface area contributed by atoms with Gasteiger partial charge in [0.1, 0.15) is 11.5 Å². The number of para-hydroxylation sites is 2. The molecule has 4 rings (SSSR count). The molecule has 0 aromatic heterocycles. The monoisotopic (exact) mass is 522 g/mol. The van der Waals surface area contributed by atoms with Gasteiger partial charge in [-0.05, 0) is 53.9 Å². The number of nitrogens with one attached hydrogen (secondary N) is 1. The predicted octanol–water partition coefficient (Wildman–Crippen LogP) is 6.13. The zero-order chi connectivity index (χ0) is 26.0. The molecular formula is C29H31ClN2O5.